The number of likely N-dealkylation sites (tertiary alicyclic amines) is 1. The highest BCUT2D eigenvalue weighted by Gasteiger charge is 2.29. The molecule has 2 saturated heterocycles. The predicted molar refractivity (Wildman–Crippen MR) is 96.2 cm³/mol. The minimum Gasteiger partial charge on any atom is -0.444 e. The molecule has 1 aromatic rings. The molecule has 2 fully saturated rings. The molecule has 2 aliphatic rings. The highest BCUT2D eigenvalue weighted by molar-refractivity contribution is 5.68. The summed E-state index contributed by atoms with van der Waals surface area (Å²) in [6, 6.07) is 9.36. The second kappa shape index (κ2) is 7.14. The Kier molecular flexibility index (Phi) is 5.14. The molecule has 0 saturated carbocycles. The van der Waals surface area contributed by atoms with Gasteiger partial charge in [-0.2, -0.15) is 0 Å². The highest BCUT2D eigenvalue weighted by atomic mass is 16.6. The van der Waals surface area contributed by atoms with Crippen molar-refractivity contribution in [1.29, 1.82) is 0 Å². The van der Waals surface area contributed by atoms with Crippen LogP contribution in [0.25, 0.3) is 0 Å². The molecular weight excluding hydrogens is 300 g/mol. The number of carbonyl (C=O) groups is 1. The minimum atomic E-state index is -0.422. The number of nitrogens with zero attached hydrogens (tertiary/aromatic N) is 1. The van der Waals surface area contributed by atoms with Crippen LogP contribution in [-0.4, -0.2) is 36.2 Å². The summed E-state index contributed by atoms with van der Waals surface area (Å²) in [7, 11) is 0. The summed E-state index contributed by atoms with van der Waals surface area (Å²) >= 11 is 0. The van der Waals surface area contributed by atoms with E-state index >= 15 is 0 Å². The number of nitrogens with one attached hydrogen (secondary N) is 1. The molecule has 0 unspecified atom stereocenters. The molecule has 2 heterocycles. The number of rotatable bonds is 2. The number of benzene rings is 1. The van der Waals surface area contributed by atoms with Gasteiger partial charge < -0.3 is 15.0 Å². The van der Waals surface area contributed by atoms with Crippen LogP contribution in [0.4, 0.5) is 4.79 Å². The molecule has 4 nitrogen and oxygen atoms in total. The largest absolute Gasteiger partial charge is 0.444 e. The van der Waals surface area contributed by atoms with Gasteiger partial charge in [0, 0.05) is 19.1 Å². The molecule has 0 aromatic heterocycles. The van der Waals surface area contributed by atoms with Crippen LogP contribution in [0.15, 0.2) is 24.3 Å². The summed E-state index contributed by atoms with van der Waals surface area (Å²) in [6.45, 7) is 8.45. The zero-order valence-corrected chi connectivity index (χ0v) is 15.2. The van der Waals surface area contributed by atoms with Crippen LogP contribution in [-0.2, 0) is 4.74 Å². The Morgan fingerprint density at radius 1 is 1.12 bits per heavy atom. The standard InChI is InChI=1S/C20H30N2O2/c1-20(2,3)24-19(23)22-13-10-15(11-14-22)16-7-4-5-8-17(16)18-9-6-12-21-18/h4-5,7-8,15,18,21H,6,9-14H2,1-3H3/t18-/m1/s1. The quantitative estimate of drug-likeness (QED) is 0.882. The summed E-state index contributed by atoms with van der Waals surface area (Å²) in [5.74, 6) is 0.544. The van der Waals surface area contributed by atoms with Crippen molar-refractivity contribution < 1.29 is 9.53 Å². The fourth-order valence-corrected chi connectivity index (χ4v) is 3.85. The third-order valence-electron chi connectivity index (χ3n) is 5.02. The molecule has 3 rings (SSSR count). The average Bonchev–Trinajstić information content (AvgIpc) is 3.08. The number of hydrogen-bond acceptors (Lipinski definition) is 3. The van der Waals surface area contributed by atoms with E-state index in [4.69, 9.17) is 4.74 Å². The maximum Gasteiger partial charge on any atom is 0.410 e. The lowest BCUT2D eigenvalue weighted by atomic mass is 9.84. The zero-order valence-electron chi connectivity index (χ0n) is 15.2. The van der Waals surface area contributed by atoms with E-state index in [9.17, 15) is 4.79 Å². The van der Waals surface area contributed by atoms with E-state index in [0.29, 0.717) is 12.0 Å². The summed E-state index contributed by atoms with van der Waals surface area (Å²) in [5.41, 5.74) is 2.51. The van der Waals surface area contributed by atoms with Crippen LogP contribution in [0.3, 0.4) is 0 Å². The molecule has 0 radical (unpaired) electrons. The molecule has 132 valence electrons. The zero-order chi connectivity index (χ0) is 17.2. The first kappa shape index (κ1) is 17.3. The van der Waals surface area contributed by atoms with Crippen molar-refractivity contribution >= 4 is 6.09 Å². The smallest absolute Gasteiger partial charge is 0.410 e. The number of hydrogen-bond donors (Lipinski definition) is 1. The maximum atomic E-state index is 12.2. The number of ether oxygens (including phenoxy) is 1. The van der Waals surface area contributed by atoms with Crippen molar-refractivity contribution in [2.45, 2.75) is 64.0 Å². The molecule has 1 aromatic carbocycles. The van der Waals surface area contributed by atoms with E-state index in [-0.39, 0.29) is 6.09 Å². The van der Waals surface area contributed by atoms with Gasteiger partial charge in [-0.3, -0.25) is 0 Å². The molecule has 24 heavy (non-hydrogen) atoms. The van der Waals surface area contributed by atoms with Crippen LogP contribution in [0.2, 0.25) is 0 Å². The lowest BCUT2D eigenvalue weighted by Gasteiger charge is -2.34. The van der Waals surface area contributed by atoms with Gasteiger partial charge in [-0.1, -0.05) is 24.3 Å². The van der Waals surface area contributed by atoms with Crippen molar-refractivity contribution in [3.63, 3.8) is 0 Å². The normalized spacial score (nSPS) is 22.6. The van der Waals surface area contributed by atoms with Crippen molar-refractivity contribution in [2.75, 3.05) is 19.6 Å². The lowest BCUT2D eigenvalue weighted by Crippen LogP contribution is -2.41. The van der Waals surface area contributed by atoms with Gasteiger partial charge in [0.25, 0.3) is 0 Å². The van der Waals surface area contributed by atoms with E-state index in [2.05, 4.69) is 29.6 Å². The van der Waals surface area contributed by atoms with Crippen LogP contribution >= 0.6 is 0 Å². The van der Waals surface area contributed by atoms with Crippen molar-refractivity contribution in [3.8, 4) is 0 Å². The van der Waals surface area contributed by atoms with Gasteiger partial charge in [0.1, 0.15) is 5.60 Å². The number of amides is 1. The monoisotopic (exact) mass is 330 g/mol. The predicted octanol–water partition coefficient (Wildman–Crippen LogP) is 4.23. The Morgan fingerprint density at radius 3 is 2.38 bits per heavy atom. The van der Waals surface area contributed by atoms with E-state index in [1.54, 1.807) is 0 Å². The number of piperidine rings is 1. The molecule has 4 heteroatoms. The first-order chi connectivity index (χ1) is 11.4. The second-order valence-electron chi connectivity index (χ2n) is 8.02. The van der Waals surface area contributed by atoms with Crippen LogP contribution in [0.5, 0.6) is 0 Å². The Labute approximate surface area is 145 Å². The van der Waals surface area contributed by atoms with Crippen molar-refractivity contribution in [3.05, 3.63) is 35.4 Å². The molecule has 1 atom stereocenters. The Balaban J connectivity index is 1.64. The molecule has 0 aliphatic carbocycles. The van der Waals surface area contributed by atoms with Crippen molar-refractivity contribution in [1.82, 2.24) is 10.2 Å². The molecule has 1 N–H and O–H groups in total. The van der Waals surface area contributed by atoms with E-state index in [0.717, 1.165) is 32.5 Å². The first-order valence-corrected chi connectivity index (χ1v) is 9.24. The fraction of sp³-hybridized carbons (Fsp3) is 0.650. The van der Waals surface area contributed by atoms with E-state index in [1.165, 1.54) is 24.0 Å². The molecule has 2 aliphatic heterocycles. The second-order valence-corrected chi connectivity index (χ2v) is 8.02. The Morgan fingerprint density at radius 2 is 1.79 bits per heavy atom. The van der Waals surface area contributed by atoms with Gasteiger partial charge in [0.15, 0.2) is 0 Å². The first-order valence-electron chi connectivity index (χ1n) is 9.24. The third-order valence-corrected chi connectivity index (χ3v) is 5.02. The van der Waals surface area contributed by atoms with Gasteiger partial charge in [0.2, 0.25) is 0 Å². The average molecular weight is 330 g/mol. The van der Waals surface area contributed by atoms with Gasteiger partial charge in [-0.15, -0.1) is 0 Å². The van der Waals surface area contributed by atoms with Gasteiger partial charge in [-0.05, 0) is 70.0 Å². The van der Waals surface area contributed by atoms with Crippen LogP contribution < -0.4 is 5.32 Å². The van der Waals surface area contributed by atoms with Crippen LogP contribution in [0.1, 0.15) is 69.5 Å². The summed E-state index contributed by atoms with van der Waals surface area (Å²) in [6.07, 6.45) is 4.35. The Bertz CT molecular complexity index is 565. The number of carbonyl (C=O) groups excluding carboxylic acids is 1. The maximum absolute atomic E-state index is 12.2. The van der Waals surface area contributed by atoms with E-state index in [1.807, 2.05) is 25.7 Å². The minimum absolute atomic E-state index is 0.174. The molecule has 0 spiro atoms. The summed E-state index contributed by atoms with van der Waals surface area (Å²) in [4.78, 5) is 14.1. The third kappa shape index (κ3) is 4.10. The highest BCUT2D eigenvalue weighted by Crippen LogP contribution is 2.35. The molecule has 1 amide bonds. The van der Waals surface area contributed by atoms with Crippen LogP contribution in [0, 0.1) is 0 Å². The van der Waals surface area contributed by atoms with Crippen molar-refractivity contribution in [2.24, 2.45) is 0 Å². The van der Waals surface area contributed by atoms with E-state index < -0.39 is 5.60 Å². The summed E-state index contributed by atoms with van der Waals surface area (Å²) < 4.78 is 5.50. The topological polar surface area (TPSA) is 41.6 Å². The molecular formula is C20H30N2O2. The van der Waals surface area contributed by atoms with Gasteiger partial charge in [-0.25, -0.2) is 4.79 Å². The molecule has 0 bridgehead atoms. The lowest BCUT2D eigenvalue weighted by molar-refractivity contribution is 0.0204. The Hall–Kier alpha value is -1.55. The summed E-state index contributed by atoms with van der Waals surface area (Å²) in [5, 5.41) is 3.62. The van der Waals surface area contributed by atoms with Gasteiger partial charge >= 0.3 is 6.09 Å². The SMILES string of the molecule is CC(C)(C)OC(=O)N1CCC(c2ccccc2[C@H]2CCCN2)CC1. The fourth-order valence-electron chi connectivity index (χ4n) is 3.85. The van der Waals surface area contributed by atoms with Gasteiger partial charge in [0.05, 0.1) is 0 Å².